The normalized spacial score (nSPS) is 27.9. The molecule has 108 valence electrons. The third kappa shape index (κ3) is 3.13. The number of benzene rings is 1. The van der Waals surface area contributed by atoms with Crippen LogP contribution in [0.2, 0.25) is 0 Å². The molecule has 0 amide bonds. The maximum Gasteiger partial charge on any atom is 0.0720 e. The van der Waals surface area contributed by atoms with Crippen molar-refractivity contribution in [3.63, 3.8) is 0 Å². The van der Waals surface area contributed by atoms with E-state index in [1.807, 2.05) is 0 Å². The van der Waals surface area contributed by atoms with Gasteiger partial charge >= 0.3 is 0 Å². The van der Waals surface area contributed by atoms with Crippen molar-refractivity contribution < 1.29 is 0 Å². The predicted molar refractivity (Wildman–Crippen MR) is 86.2 cm³/mol. The van der Waals surface area contributed by atoms with E-state index >= 15 is 0 Å². The Morgan fingerprint density at radius 2 is 1.70 bits per heavy atom. The molecule has 2 aliphatic rings. The van der Waals surface area contributed by atoms with Gasteiger partial charge in [-0.3, -0.25) is 4.99 Å². The van der Waals surface area contributed by atoms with Gasteiger partial charge in [0.15, 0.2) is 0 Å². The molecule has 0 radical (unpaired) electrons. The van der Waals surface area contributed by atoms with Crippen molar-refractivity contribution in [1.29, 1.82) is 0 Å². The number of aliphatic imine (C=N–C) groups is 1. The standard InChI is InChI=1S/C19H27N/c1-15(16-9-4-2-5-10-16)20-19-14-8-13-18(19)17-11-6-3-7-12-17/h2,4-5,9-10,15,17-18H,3,6-8,11-14H2,1H3/t15-,18?/m0/s1. The van der Waals surface area contributed by atoms with Crippen molar-refractivity contribution in [2.24, 2.45) is 16.8 Å². The second kappa shape index (κ2) is 6.56. The summed E-state index contributed by atoms with van der Waals surface area (Å²) in [5.41, 5.74) is 2.89. The molecule has 2 saturated carbocycles. The summed E-state index contributed by atoms with van der Waals surface area (Å²) in [4.78, 5) is 5.12. The van der Waals surface area contributed by atoms with Crippen LogP contribution in [0.3, 0.4) is 0 Å². The third-order valence-corrected chi connectivity index (χ3v) is 5.24. The highest BCUT2D eigenvalue weighted by atomic mass is 14.8. The molecule has 1 heteroatoms. The Labute approximate surface area is 123 Å². The minimum atomic E-state index is 0.329. The maximum absolute atomic E-state index is 5.12. The minimum absolute atomic E-state index is 0.329. The van der Waals surface area contributed by atoms with Gasteiger partial charge in [-0.15, -0.1) is 0 Å². The molecule has 2 fully saturated rings. The van der Waals surface area contributed by atoms with Gasteiger partial charge in [-0.2, -0.15) is 0 Å². The lowest BCUT2D eigenvalue weighted by molar-refractivity contribution is 0.297. The van der Waals surface area contributed by atoms with Crippen LogP contribution in [-0.2, 0) is 0 Å². The lowest BCUT2D eigenvalue weighted by atomic mass is 9.78. The zero-order valence-corrected chi connectivity index (χ0v) is 12.7. The van der Waals surface area contributed by atoms with Gasteiger partial charge in [0.1, 0.15) is 0 Å². The summed E-state index contributed by atoms with van der Waals surface area (Å²) in [6.07, 6.45) is 11.2. The van der Waals surface area contributed by atoms with Gasteiger partial charge in [0, 0.05) is 5.71 Å². The Kier molecular flexibility index (Phi) is 4.54. The smallest absolute Gasteiger partial charge is 0.0720 e. The first-order valence-electron chi connectivity index (χ1n) is 8.46. The molecular weight excluding hydrogens is 242 g/mol. The van der Waals surface area contributed by atoms with Crippen LogP contribution >= 0.6 is 0 Å². The van der Waals surface area contributed by atoms with E-state index in [-0.39, 0.29) is 0 Å². The van der Waals surface area contributed by atoms with Gasteiger partial charge in [0.2, 0.25) is 0 Å². The van der Waals surface area contributed by atoms with E-state index in [0.29, 0.717) is 6.04 Å². The highest BCUT2D eigenvalue weighted by Gasteiger charge is 2.31. The number of nitrogens with zero attached hydrogens (tertiary/aromatic N) is 1. The molecule has 2 atom stereocenters. The van der Waals surface area contributed by atoms with Crippen LogP contribution in [0, 0.1) is 11.8 Å². The maximum atomic E-state index is 5.12. The molecule has 0 aromatic heterocycles. The lowest BCUT2D eigenvalue weighted by Gasteiger charge is -2.28. The van der Waals surface area contributed by atoms with Gasteiger partial charge in [-0.05, 0) is 56.4 Å². The molecule has 1 aromatic carbocycles. The van der Waals surface area contributed by atoms with E-state index in [9.17, 15) is 0 Å². The topological polar surface area (TPSA) is 12.4 Å². The SMILES string of the molecule is C[C@H](N=C1CCCC1C1CCCCC1)c1ccccc1. The van der Waals surface area contributed by atoms with Crippen molar-refractivity contribution in [3.05, 3.63) is 35.9 Å². The molecule has 0 heterocycles. The first-order chi connectivity index (χ1) is 9.84. The molecule has 1 nitrogen and oxygen atoms in total. The molecule has 20 heavy (non-hydrogen) atoms. The van der Waals surface area contributed by atoms with Gasteiger partial charge in [0.25, 0.3) is 0 Å². The quantitative estimate of drug-likeness (QED) is 0.680. The Morgan fingerprint density at radius 3 is 2.45 bits per heavy atom. The van der Waals surface area contributed by atoms with Crippen LogP contribution in [0.15, 0.2) is 35.3 Å². The number of rotatable bonds is 3. The number of hydrogen-bond acceptors (Lipinski definition) is 1. The van der Waals surface area contributed by atoms with Gasteiger partial charge in [-0.1, -0.05) is 49.6 Å². The predicted octanol–water partition coefficient (Wildman–Crippen LogP) is 5.57. The fourth-order valence-electron chi connectivity index (χ4n) is 4.11. The van der Waals surface area contributed by atoms with Gasteiger partial charge < -0.3 is 0 Å². The Bertz CT molecular complexity index is 442. The van der Waals surface area contributed by atoms with Crippen molar-refractivity contribution >= 4 is 5.71 Å². The van der Waals surface area contributed by atoms with E-state index in [1.165, 1.54) is 62.6 Å². The summed E-state index contributed by atoms with van der Waals surface area (Å²) in [6.45, 7) is 2.25. The van der Waals surface area contributed by atoms with Crippen LogP contribution in [0.25, 0.3) is 0 Å². The van der Waals surface area contributed by atoms with Crippen LogP contribution in [0.1, 0.15) is 69.9 Å². The largest absolute Gasteiger partial charge is 0.286 e. The van der Waals surface area contributed by atoms with Crippen LogP contribution in [-0.4, -0.2) is 5.71 Å². The van der Waals surface area contributed by atoms with Crippen molar-refractivity contribution in [2.75, 3.05) is 0 Å². The molecule has 1 unspecified atom stereocenters. The van der Waals surface area contributed by atoms with E-state index in [1.54, 1.807) is 0 Å². The van der Waals surface area contributed by atoms with Gasteiger partial charge in [-0.25, -0.2) is 0 Å². The monoisotopic (exact) mass is 269 g/mol. The fourth-order valence-corrected chi connectivity index (χ4v) is 4.11. The Balaban J connectivity index is 1.72. The van der Waals surface area contributed by atoms with E-state index < -0.39 is 0 Å². The van der Waals surface area contributed by atoms with Crippen molar-refractivity contribution in [3.8, 4) is 0 Å². The second-order valence-electron chi connectivity index (χ2n) is 6.60. The molecule has 0 spiro atoms. The van der Waals surface area contributed by atoms with Gasteiger partial charge in [0.05, 0.1) is 6.04 Å². The summed E-state index contributed by atoms with van der Waals surface area (Å²) >= 11 is 0. The average Bonchev–Trinajstić information content (AvgIpc) is 2.97. The zero-order chi connectivity index (χ0) is 13.8. The summed E-state index contributed by atoms with van der Waals surface area (Å²) in [6, 6.07) is 11.1. The van der Waals surface area contributed by atoms with E-state index in [2.05, 4.69) is 37.3 Å². The lowest BCUT2D eigenvalue weighted by Crippen LogP contribution is -2.21. The Morgan fingerprint density at radius 1 is 0.950 bits per heavy atom. The minimum Gasteiger partial charge on any atom is -0.286 e. The summed E-state index contributed by atoms with van der Waals surface area (Å²) in [5.74, 6) is 1.74. The van der Waals surface area contributed by atoms with E-state index in [4.69, 9.17) is 4.99 Å². The third-order valence-electron chi connectivity index (χ3n) is 5.24. The first-order valence-corrected chi connectivity index (χ1v) is 8.46. The van der Waals surface area contributed by atoms with Crippen LogP contribution < -0.4 is 0 Å². The molecule has 0 bridgehead atoms. The zero-order valence-electron chi connectivity index (χ0n) is 12.7. The molecule has 2 aliphatic carbocycles. The second-order valence-corrected chi connectivity index (χ2v) is 6.60. The fraction of sp³-hybridized carbons (Fsp3) is 0.632. The highest BCUT2D eigenvalue weighted by molar-refractivity contribution is 5.89. The average molecular weight is 269 g/mol. The first kappa shape index (κ1) is 13.9. The molecule has 3 rings (SSSR count). The molecule has 0 saturated heterocycles. The van der Waals surface area contributed by atoms with E-state index in [0.717, 1.165) is 11.8 Å². The summed E-state index contributed by atoms with van der Waals surface area (Å²) in [5, 5.41) is 0. The summed E-state index contributed by atoms with van der Waals surface area (Å²) < 4.78 is 0. The number of hydrogen-bond donors (Lipinski definition) is 0. The molecular formula is C19H27N. The molecule has 0 aliphatic heterocycles. The molecule has 1 aromatic rings. The van der Waals surface area contributed by atoms with Crippen LogP contribution in [0.5, 0.6) is 0 Å². The molecule has 0 N–H and O–H groups in total. The van der Waals surface area contributed by atoms with Crippen LogP contribution in [0.4, 0.5) is 0 Å². The highest BCUT2D eigenvalue weighted by Crippen LogP contribution is 2.38. The Hall–Kier alpha value is -1.11. The summed E-state index contributed by atoms with van der Waals surface area (Å²) in [7, 11) is 0. The van der Waals surface area contributed by atoms with Crippen molar-refractivity contribution in [1.82, 2.24) is 0 Å². The van der Waals surface area contributed by atoms with Crippen molar-refractivity contribution in [2.45, 2.75) is 64.3 Å².